The van der Waals surface area contributed by atoms with Crippen LogP contribution in [0.3, 0.4) is 0 Å². The number of ketones is 2. The van der Waals surface area contributed by atoms with E-state index in [0.717, 1.165) is 50.5 Å². The van der Waals surface area contributed by atoms with Crippen molar-refractivity contribution in [2.24, 2.45) is 50.2 Å². The van der Waals surface area contributed by atoms with Crippen LogP contribution in [0.5, 0.6) is 0 Å². The zero-order valence-electron chi connectivity index (χ0n) is 25.1. The van der Waals surface area contributed by atoms with Gasteiger partial charge in [-0.15, -0.1) is 0 Å². The highest BCUT2D eigenvalue weighted by Gasteiger charge is 2.69. The lowest BCUT2D eigenvalue weighted by Crippen LogP contribution is -2.64. The van der Waals surface area contributed by atoms with Gasteiger partial charge in [0.15, 0.2) is 11.6 Å². The first-order chi connectivity index (χ1) is 18.0. The summed E-state index contributed by atoms with van der Waals surface area (Å²) in [6.07, 6.45) is 14.2. The molecule has 0 aromatic carbocycles. The molecule has 210 valence electrons. The van der Waals surface area contributed by atoms with E-state index in [1.165, 1.54) is 7.11 Å². The van der Waals surface area contributed by atoms with E-state index in [9.17, 15) is 19.6 Å². The maximum atomic E-state index is 14.5. The summed E-state index contributed by atoms with van der Waals surface area (Å²) in [5.74, 6) is -0.186. The number of carbonyl (C=O) groups excluding carboxylic acids is 3. The normalized spacial score (nSPS) is 44.1. The molecule has 0 bridgehead atoms. The van der Waals surface area contributed by atoms with Crippen LogP contribution in [-0.2, 0) is 19.1 Å². The Morgan fingerprint density at radius 2 is 1.69 bits per heavy atom. The molecule has 0 heterocycles. The average molecular weight is 532 g/mol. The summed E-state index contributed by atoms with van der Waals surface area (Å²) in [6.45, 7) is 15.4. The highest BCUT2D eigenvalue weighted by molar-refractivity contribution is 6.04. The molecule has 0 saturated heterocycles. The van der Waals surface area contributed by atoms with Gasteiger partial charge < -0.3 is 4.74 Å². The fourth-order valence-electron chi connectivity index (χ4n) is 10.3. The Bertz CT molecular complexity index is 1280. The first-order valence-electron chi connectivity index (χ1n) is 14.7. The monoisotopic (exact) mass is 531 g/mol. The second kappa shape index (κ2) is 8.51. The minimum absolute atomic E-state index is 0.0427. The lowest BCUT2D eigenvalue weighted by Gasteiger charge is -2.69. The summed E-state index contributed by atoms with van der Waals surface area (Å²) in [5.41, 5.74) is -0.392. The van der Waals surface area contributed by atoms with Crippen molar-refractivity contribution in [2.75, 3.05) is 7.11 Å². The third kappa shape index (κ3) is 3.65. The van der Waals surface area contributed by atoms with E-state index < -0.39 is 10.8 Å². The predicted octanol–water partition coefficient (Wildman–Crippen LogP) is 6.94. The Morgan fingerprint density at radius 3 is 2.33 bits per heavy atom. The molecule has 0 aliphatic heterocycles. The molecule has 7 atom stereocenters. The van der Waals surface area contributed by atoms with Crippen molar-refractivity contribution in [1.29, 1.82) is 5.26 Å². The van der Waals surface area contributed by atoms with Gasteiger partial charge in [-0.3, -0.25) is 9.59 Å². The molecular formula is C34H45NO4. The van der Waals surface area contributed by atoms with Crippen LogP contribution >= 0.6 is 0 Å². The number of esters is 1. The number of methoxy groups -OCH3 is 1. The third-order valence-electron chi connectivity index (χ3n) is 12.7. The van der Waals surface area contributed by atoms with Crippen LogP contribution in [0.4, 0.5) is 0 Å². The molecule has 5 nitrogen and oxygen atoms in total. The summed E-state index contributed by atoms with van der Waals surface area (Å²) < 4.78 is 4.94. The van der Waals surface area contributed by atoms with Crippen molar-refractivity contribution < 1.29 is 19.1 Å². The molecule has 3 unspecified atom stereocenters. The molecule has 39 heavy (non-hydrogen) atoms. The second-order valence-corrected chi connectivity index (χ2v) is 15.3. The number of ether oxygens (including phenoxy) is 1. The van der Waals surface area contributed by atoms with E-state index in [1.54, 1.807) is 6.08 Å². The van der Waals surface area contributed by atoms with Gasteiger partial charge in [0.25, 0.3) is 0 Å². The van der Waals surface area contributed by atoms with Gasteiger partial charge in [-0.05, 0) is 84.5 Å². The van der Waals surface area contributed by atoms with Gasteiger partial charge >= 0.3 is 5.97 Å². The van der Waals surface area contributed by atoms with Gasteiger partial charge in [-0.1, -0.05) is 66.2 Å². The molecule has 0 amide bonds. The minimum atomic E-state index is -0.661. The van der Waals surface area contributed by atoms with Crippen LogP contribution in [-0.4, -0.2) is 24.6 Å². The number of fused-ring (bicyclic) bond motifs is 7. The van der Waals surface area contributed by atoms with Gasteiger partial charge in [0, 0.05) is 22.8 Å². The minimum Gasteiger partial charge on any atom is -0.466 e. The van der Waals surface area contributed by atoms with Crippen LogP contribution < -0.4 is 0 Å². The number of hydrogen-bond acceptors (Lipinski definition) is 5. The molecule has 3 saturated carbocycles. The Labute approximate surface area is 234 Å². The summed E-state index contributed by atoms with van der Waals surface area (Å²) in [4.78, 5) is 39.9. The molecule has 0 spiro atoms. The molecule has 5 rings (SSSR count). The molecule has 0 aromatic rings. The van der Waals surface area contributed by atoms with Crippen molar-refractivity contribution in [3.8, 4) is 6.07 Å². The lowest BCUT2D eigenvalue weighted by atomic mass is 9.34. The Kier molecular flexibility index (Phi) is 6.12. The second-order valence-electron chi connectivity index (χ2n) is 15.3. The number of carbonyl (C=O) groups is 3. The number of rotatable bonds is 2. The van der Waals surface area contributed by atoms with Crippen LogP contribution in [0.1, 0.15) is 93.4 Å². The molecule has 5 heteroatoms. The number of nitrogens with zero attached hydrogens (tertiary/aromatic N) is 1. The van der Waals surface area contributed by atoms with E-state index in [2.05, 4.69) is 46.8 Å². The zero-order chi connectivity index (χ0) is 28.8. The number of hydrogen-bond donors (Lipinski definition) is 0. The number of Topliss-reactive ketones (excluding diaryl/α,β-unsaturated/α-hetero) is 1. The quantitative estimate of drug-likeness (QED) is 0.285. The Morgan fingerprint density at radius 1 is 1.03 bits per heavy atom. The molecule has 0 radical (unpaired) electrons. The Hall–Kier alpha value is -2.48. The van der Waals surface area contributed by atoms with Gasteiger partial charge in [0.2, 0.25) is 0 Å². The standard InChI is InChI=1S/C34H45NO4/c1-29(2)13-15-34(12-10-26(37)39-8)16-14-33(7)27(22(34)19-29)23(36)17-25-31(5)18-21(20-35)28(38)30(3,4)24(31)9-11-32(25,33)6/h10,12,17-18,22,24,27H,9,11,13-16,19H2,1-8H3/b12-10+/t22?,24?,27?,31-,32+,33+,34+/m0/s1. The summed E-state index contributed by atoms with van der Waals surface area (Å²) >= 11 is 0. The lowest BCUT2D eigenvalue weighted by molar-refractivity contribution is -0.164. The maximum Gasteiger partial charge on any atom is 0.330 e. The van der Waals surface area contributed by atoms with E-state index in [4.69, 9.17) is 4.74 Å². The van der Waals surface area contributed by atoms with Crippen molar-refractivity contribution >= 4 is 17.5 Å². The smallest absolute Gasteiger partial charge is 0.330 e. The van der Waals surface area contributed by atoms with E-state index in [0.29, 0.717) is 0 Å². The molecular weight excluding hydrogens is 486 g/mol. The number of allylic oxidation sites excluding steroid dienone is 5. The van der Waals surface area contributed by atoms with E-state index >= 15 is 0 Å². The molecule has 0 N–H and O–H groups in total. The fraction of sp³-hybridized carbons (Fsp3) is 0.706. The number of nitriles is 1. The predicted molar refractivity (Wildman–Crippen MR) is 150 cm³/mol. The van der Waals surface area contributed by atoms with Crippen LogP contribution in [0.2, 0.25) is 0 Å². The SMILES string of the molecule is COC(=O)/C=C/[C@]12CCC(C)(C)CC1C1C(=O)C=C3[C@@]4(C)C=C(C#N)C(=O)C(C)(C)C4CC[C@@]3(C)[C@]1(C)CC2. The van der Waals surface area contributed by atoms with Crippen molar-refractivity contribution in [1.82, 2.24) is 0 Å². The van der Waals surface area contributed by atoms with Crippen LogP contribution in [0.25, 0.3) is 0 Å². The summed E-state index contributed by atoms with van der Waals surface area (Å²) in [6, 6.07) is 2.19. The van der Waals surface area contributed by atoms with Gasteiger partial charge in [0.1, 0.15) is 6.07 Å². The van der Waals surface area contributed by atoms with Crippen molar-refractivity contribution in [3.05, 3.63) is 35.5 Å². The third-order valence-corrected chi connectivity index (χ3v) is 12.7. The zero-order valence-corrected chi connectivity index (χ0v) is 25.1. The largest absolute Gasteiger partial charge is 0.466 e. The molecule has 3 fully saturated rings. The van der Waals surface area contributed by atoms with E-state index in [-0.39, 0.29) is 62.5 Å². The fourth-order valence-corrected chi connectivity index (χ4v) is 10.3. The first-order valence-corrected chi connectivity index (χ1v) is 14.7. The molecule has 0 aromatic heterocycles. The van der Waals surface area contributed by atoms with Crippen LogP contribution in [0.15, 0.2) is 35.5 Å². The van der Waals surface area contributed by atoms with Crippen molar-refractivity contribution in [3.63, 3.8) is 0 Å². The first kappa shape index (κ1) is 28.1. The van der Waals surface area contributed by atoms with E-state index in [1.807, 2.05) is 26.0 Å². The topological polar surface area (TPSA) is 84.2 Å². The highest BCUT2D eigenvalue weighted by Crippen LogP contribution is 2.74. The average Bonchev–Trinajstić information content (AvgIpc) is 2.86. The van der Waals surface area contributed by atoms with Gasteiger partial charge in [-0.25, -0.2) is 4.79 Å². The Balaban J connectivity index is 1.68. The van der Waals surface area contributed by atoms with Gasteiger partial charge in [-0.2, -0.15) is 5.26 Å². The molecule has 5 aliphatic rings. The van der Waals surface area contributed by atoms with Gasteiger partial charge in [0.05, 0.1) is 12.7 Å². The summed E-state index contributed by atoms with van der Waals surface area (Å²) in [7, 11) is 1.41. The van der Waals surface area contributed by atoms with Crippen molar-refractivity contribution in [2.45, 2.75) is 93.4 Å². The highest BCUT2D eigenvalue weighted by atomic mass is 16.5. The summed E-state index contributed by atoms with van der Waals surface area (Å²) in [5, 5.41) is 9.90. The maximum absolute atomic E-state index is 14.5. The van der Waals surface area contributed by atoms with Crippen LogP contribution in [0, 0.1) is 61.6 Å². The molecule has 5 aliphatic carbocycles.